The number of rotatable bonds is 6. The van der Waals surface area contributed by atoms with Gasteiger partial charge in [0, 0.05) is 23.3 Å². The average molecular weight is 480 g/mol. The Hall–Kier alpha value is -2.75. The first kappa shape index (κ1) is 22.4. The summed E-state index contributed by atoms with van der Waals surface area (Å²) in [7, 11) is -1.63. The number of ether oxygens (including phenoxy) is 2. The van der Waals surface area contributed by atoms with Gasteiger partial charge in [-0.3, -0.25) is 9.59 Å². The van der Waals surface area contributed by atoms with Gasteiger partial charge in [0.25, 0.3) is 0 Å². The number of amides is 1. The number of fused-ring (bicyclic) bond motifs is 1. The van der Waals surface area contributed by atoms with Gasteiger partial charge < -0.3 is 14.4 Å². The largest absolute Gasteiger partial charge is 0.496 e. The molecule has 2 atom stereocenters. The van der Waals surface area contributed by atoms with Gasteiger partial charge in [0.15, 0.2) is 0 Å². The Morgan fingerprint density at radius 3 is 2.50 bits per heavy atom. The predicted molar refractivity (Wildman–Crippen MR) is 114 cm³/mol. The van der Waals surface area contributed by atoms with Crippen LogP contribution < -0.4 is 4.74 Å². The van der Waals surface area contributed by atoms with Crippen LogP contribution in [-0.2, 0) is 24.2 Å². The van der Waals surface area contributed by atoms with Crippen LogP contribution in [0, 0.1) is 11.7 Å². The molecule has 2 aromatic carbocycles. The number of halogens is 2. The maximum atomic E-state index is 13.8. The number of benzene rings is 2. The Labute approximate surface area is 189 Å². The number of hydrogen-bond acceptors (Lipinski definition) is 6. The molecule has 0 spiro atoms. The van der Waals surface area contributed by atoms with Crippen molar-refractivity contribution in [2.24, 2.45) is 5.92 Å². The summed E-state index contributed by atoms with van der Waals surface area (Å²) in [6.45, 7) is -0.477. The Balaban J connectivity index is 1.88. The molecule has 7 nitrogen and oxygen atoms in total. The third-order valence-corrected chi connectivity index (χ3v) is 8.43. The molecular weight excluding hydrogens is 461 g/mol. The van der Waals surface area contributed by atoms with E-state index in [2.05, 4.69) is 0 Å². The third-order valence-electron chi connectivity index (χ3n) is 5.77. The molecule has 2 unspecified atom stereocenters. The highest BCUT2D eigenvalue weighted by atomic mass is 35.5. The van der Waals surface area contributed by atoms with E-state index in [4.69, 9.17) is 21.1 Å². The summed E-state index contributed by atoms with van der Waals surface area (Å²) in [5.41, 5.74) is 0.312. The number of ketones is 1. The number of β-lactam (4-membered cyclic amide) rings is 1. The van der Waals surface area contributed by atoms with Gasteiger partial charge in [-0.15, -0.1) is 0 Å². The molecule has 2 aromatic rings. The lowest BCUT2D eigenvalue weighted by atomic mass is 9.86. The van der Waals surface area contributed by atoms with Crippen molar-refractivity contribution in [2.45, 2.75) is 9.77 Å². The number of hydrogen-bond donors (Lipinski definition) is 0. The number of carbonyl (C=O) groups is 2. The normalized spacial score (nSPS) is 23.9. The van der Waals surface area contributed by atoms with Crippen molar-refractivity contribution in [1.82, 2.24) is 4.90 Å². The Bertz CT molecular complexity index is 1240. The lowest BCUT2D eigenvalue weighted by Gasteiger charge is -2.50. The fourth-order valence-electron chi connectivity index (χ4n) is 4.31. The van der Waals surface area contributed by atoms with Crippen molar-refractivity contribution < 1.29 is 31.9 Å². The van der Waals surface area contributed by atoms with E-state index in [1.807, 2.05) is 0 Å². The second kappa shape index (κ2) is 7.99. The molecule has 10 heteroatoms. The zero-order valence-electron chi connectivity index (χ0n) is 17.2. The third kappa shape index (κ3) is 3.07. The van der Waals surface area contributed by atoms with Gasteiger partial charge >= 0.3 is 0 Å². The molecule has 0 bridgehead atoms. The fraction of sp³-hybridized carbons (Fsp3) is 0.273. The summed E-state index contributed by atoms with van der Waals surface area (Å²) in [5.74, 6) is -2.72. The van der Waals surface area contributed by atoms with E-state index < -0.39 is 38.1 Å². The molecule has 2 aliphatic heterocycles. The number of nitrogens with zero attached hydrogens (tertiary/aromatic N) is 1. The van der Waals surface area contributed by atoms with E-state index in [1.165, 1.54) is 62.8 Å². The summed E-state index contributed by atoms with van der Waals surface area (Å²) in [6.07, 6.45) is 1.36. The summed E-state index contributed by atoms with van der Waals surface area (Å²) in [4.78, 5) is 25.2. The second-order valence-electron chi connectivity index (χ2n) is 7.47. The molecule has 2 heterocycles. The van der Waals surface area contributed by atoms with Gasteiger partial charge in [-0.05, 0) is 48.5 Å². The summed E-state index contributed by atoms with van der Waals surface area (Å²) in [5, 5.41) is 0.327. The van der Waals surface area contributed by atoms with Gasteiger partial charge in [-0.2, -0.15) is 0 Å². The highest BCUT2D eigenvalue weighted by Crippen LogP contribution is 2.52. The van der Waals surface area contributed by atoms with E-state index in [0.29, 0.717) is 10.8 Å². The second-order valence-corrected chi connectivity index (χ2v) is 10.0. The van der Waals surface area contributed by atoms with Gasteiger partial charge in [0.05, 0.1) is 25.2 Å². The van der Waals surface area contributed by atoms with Crippen LogP contribution in [0.1, 0.15) is 5.56 Å². The number of methoxy groups -OCH3 is 2. The topological polar surface area (TPSA) is 90.0 Å². The SMILES string of the molecule is COCC1C(=O)N2CC(=Cc3cc(F)ccc3OC)C(=O)C12S(=O)(=O)c1ccc(Cl)cc1. The average Bonchev–Trinajstić information content (AvgIpc) is 3.02. The molecule has 0 aliphatic carbocycles. The molecule has 0 N–H and O–H groups in total. The summed E-state index contributed by atoms with van der Waals surface area (Å²) < 4.78 is 51.5. The highest BCUT2D eigenvalue weighted by Gasteiger charge is 2.75. The first-order chi connectivity index (χ1) is 15.2. The number of sulfone groups is 1. The van der Waals surface area contributed by atoms with Gasteiger partial charge in [0.1, 0.15) is 17.5 Å². The summed E-state index contributed by atoms with van der Waals surface area (Å²) in [6, 6.07) is 9.15. The van der Waals surface area contributed by atoms with Crippen molar-refractivity contribution in [3.8, 4) is 5.75 Å². The minimum atomic E-state index is -4.35. The number of Topliss-reactive ketones (excluding diaryl/α,β-unsaturated/α-hetero) is 1. The molecular formula is C22H19ClFNO6S. The van der Waals surface area contributed by atoms with E-state index in [-0.39, 0.29) is 29.2 Å². The maximum Gasteiger partial charge on any atom is 0.233 e. The Morgan fingerprint density at radius 2 is 1.88 bits per heavy atom. The van der Waals surface area contributed by atoms with E-state index in [0.717, 1.165) is 4.90 Å². The van der Waals surface area contributed by atoms with Gasteiger partial charge in [-0.25, -0.2) is 12.8 Å². The van der Waals surface area contributed by atoms with Crippen LogP contribution in [0.4, 0.5) is 4.39 Å². The monoisotopic (exact) mass is 479 g/mol. The van der Waals surface area contributed by atoms with E-state index in [9.17, 15) is 22.4 Å². The minimum absolute atomic E-state index is 0.0541. The Morgan fingerprint density at radius 1 is 1.19 bits per heavy atom. The standard InChI is InChI=1S/C22H19ClFNO6S/c1-30-12-18-21(27)25-11-14(9-13-10-16(24)5-8-19(13)31-2)20(26)22(18,25)32(28,29)17-6-3-15(23)4-7-17/h3-10,18H,11-12H2,1-2H3. The van der Waals surface area contributed by atoms with Crippen LogP contribution >= 0.6 is 11.6 Å². The summed E-state index contributed by atoms with van der Waals surface area (Å²) >= 11 is 5.89. The zero-order valence-corrected chi connectivity index (χ0v) is 18.7. The van der Waals surface area contributed by atoms with Crippen LogP contribution in [0.3, 0.4) is 0 Å². The van der Waals surface area contributed by atoms with Gasteiger partial charge in [0.2, 0.25) is 26.4 Å². The van der Waals surface area contributed by atoms with Crippen LogP contribution in [0.25, 0.3) is 6.08 Å². The first-order valence-electron chi connectivity index (χ1n) is 9.58. The highest BCUT2D eigenvalue weighted by molar-refractivity contribution is 7.93. The molecule has 4 rings (SSSR count). The zero-order chi connectivity index (χ0) is 23.3. The van der Waals surface area contributed by atoms with Crippen molar-refractivity contribution in [3.63, 3.8) is 0 Å². The maximum absolute atomic E-state index is 13.8. The lowest BCUT2D eigenvalue weighted by molar-refractivity contribution is -0.164. The molecule has 2 fully saturated rings. The molecule has 168 valence electrons. The van der Waals surface area contributed by atoms with Crippen LogP contribution in [0.5, 0.6) is 5.75 Å². The van der Waals surface area contributed by atoms with Crippen LogP contribution in [-0.4, -0.2) is 57.3 Å². The Kier molecular flexibility index (Phi) is 5.60. The first-order valence-corrected chi connectivity index (χ1v) is 11.4. The van der Waals surface area contributed by atoms with Crippen LogP contribution in [0.2, 0.25) is 5.02 Å². The van der Waals surface area contributed by atoms with Crippen molar-refractivity contribution in [1.29, 1.82) is 0 Å². The van der Waals surface area contributed by atoms with Crippen LogP contribution in [0.15, 0.2) is 52.9 Å². The molecule has 0 saturated carbocycles. The fourth-order valence-corrected chi connectivity index (χ4v) is 6.65. The van der Waals surface area contributed by atoms with E-state index >= 15 is 0 Å². The molecule has 0 radical (unpaired) electrons. The van der Waals surface area contributed by atoms with Gasteiger partial charge in [-0.1, -0.05) is 11.6 Å². The molecule has 32 heavy (non-hydrogen) atoms. The molecule has 1 amide bonds. The lowest BCUT2D eigenvalue weighted by Crippen LogP contribution is -2.75. The molecule has 2 aliphatic rings. The minimum Gasteiger partial charge on any atom is -0.496 e. The predicted octanol–water partition coefficient (Wildman–Crippen LogP) is 2.73. The van der Waals surface area contributed by atoms with Crippen molar-refractivity contribution in [2.75, 3.05) is 27.4 Å². The quantitative estimate of drug-likeness (QED) is 0.467. The number of carbonyl (C=O) groups excluding carboxylic acids is 2. The van der Waals surface area contributed by atoms with Crippen molar-refractivity contribution >= 4 is 39.2 Å². The molecule has 2 saturated heterocycles. The van der Waals surface area contributed by atoms with E-state index in [1.54, 1.807) is 0 Å². The molecule has 0 aromatic heterocycles. The van der Waals surface area contributed by atoms with Crippen molar-refractivity contribution in [3.05, 3.63) is 64.4 Å². The smallest absolute Gasteiger partial charge is 0.233 e.